The van der Waals surface area contributed by atoms with Gasteiger partial charge in [0.1, 0.15) is 11.4 Å². The molecule has 1 aromatic heterocycles. The van der Waals surface area contributed by atoms with Crippen molar-refractivity contribution in [2.24, 2.45) is 11.0 Å². The van der Waals surface area contributed by atoms with Gasteiger partial charge >= 0.3 is 0 Å². The molecule has 1 N–H and O–H groups in total. The van der Waals surface area contributed by atoms with Crippen LogP contribution < -0.4 is 15.1 Å². The first-order valence-electron chi connectivity index (χ1n) is 11.8. The second-order valence-electron chi connectivity index (χ2n) is 8.83. The molecule has 1 aliphatic rings. The maximum Gasteiger partial charge on any atom is 0.290 e. The molecule has 1 amide bonds. The first-order valence-corrected chi connectivity index (χ1v) is 11.8. The highest BCUT2D eigenvalue weighted by molar-refractivity contribution is 5.94. The fourth-order valence-electron chi connectivity index (χ4n) is 3.68. The average Bonchev–Trinajstić information content (AvgIpc) is 2.89. The van der Waals surface area contributed by atoms with E-state index in [0.29, 0.717) is 24.2 Å². The fourth-order valence-corrected chi connectivity index (χ4v) is 3.68. The van der Waals surface area contributed by atoms with Crippen LogP contribution in [0.25, 0.3) is 11.3 Å². The molecule has 176 valence electrons. The predicted molar refractivity (Wildman–Crippen MR) is 135 cm³/mol. The smallest absolute Gasteiger partial charge is 0.290 e. The maximum absolute atomic E-state index is 12.9. The van der Waals surface area contributed by atoms with Crippen LogP contribution in [0.5, 0.6) is 5.75 Å². The van der Waals surface area contributed by atoms with Gasteiger partial charge in [0.05, 0.1) is 18.5 Å². The number of carbonyl (C=O) groups is 1. The van der Waals surface area contributed by atoms with Crippen molar-refractivity contribution in [3.63, 3.8) is 0 Å². The fraction of sp³-hybridized carbons (Fsp3) is 0.333. The Hall–Kier alpha value is -3.74. The van der Waals surface area contributed by atoms with Gasteiger partial charge in [-0.1, -0.05) is 44.2 Å². The lowest BCUT2D eigenvalue weighted by Gasteiger charge is -2.27. The molecule has 0 saturated carbocycles. The van der Waals surface area contributed by atoms with E-state index in [1.54, 1.807) is 12.3 Å². The highest BCUT2D eigenvalue weighted by Crippen LogP contribution is 2.23. The second-order valence-corrected chi connectivity index (χ2v) is 8.83. The SMILES string of the molecule is CC(C)COc1ccc(/C=N/NC(=O)c2cc(-c3ccccc3)nc(N3CCCCC3)n2)cc1. The summed E-state index contributed by atoms with van der Waals surface area (Å²) in [5.74, 6) is 1.50. The van der Waals surface area contributed by atoms with Gasteiger partial charge in [-0.2, -0.15) is 5.10 Å². The Morgan fingerprint density at radius 1 is 1.06 bits per heavy atom. The van der Waals surface area contributed by atoms with Crippen molar-refractivity contribution in [2.45, 2.75) is 33.1 Å². The molecule has 0 bridgehead atoms. The number of nitrogens with zero attached hydrogens (tertiary/aromatic N) is 4. The zero-order valence-electron chi connectivity index (χ0n) is 19.8. The first kappa shape index (κ1) is 23.4. The van der Waals surface area contributed by atoms with E-state index in [1.165, 1.54) is 6.42 Å². The standard InChI is InChI=1S/C27H31N5O2/c1-20(2)19-34-23-13-11-21(12-14-23)18-28-31-26(33)25-17-24(22-9-5-3-6-10-22)29-27(30-25)32-15-7-4-8-16-32/h3,5-6,9-14,17-18,20H,4,7-8,15-16,19H2,1-2H3,(H,31,33)/b28-18+. The largest absolute Gasteiger partial charge is 0.493 e. The second kappa shape index (κ2) is 11.4. The van der Waals surface area contributed by atoms with Gasteiger partial charge in [-0.25, -0.2) is 15.4 Å². The van der Waals surface area contributed by atoms with Gasteiger partial charge in [-0.15, -0.1) is 0 Å². The van der Waals surface area contributed by atoms with Crippen molar-refractivity contribution >= 4 is 18.1 Å². The van der Waals surface area contributed by atoms with Crippen molar-refractivity contribution < 1.29 is 9.53 Å². The van der Waals surface area contributed by atoms with Gasteiger partial charge in [-0.3, -0.25) is 4.79 Å². The number of nitrogens with one attached hydrogen (secondary N) is 1. The van der Waals surface area contributed by atoms with Crippen LogP contribution in [-0.2, 0) is 0 Å². The molecule has 1 saturated heterocycles. The number of hydrogen-bond donors (Lipinski definition) is 1. The van der Waals surface area contributed by atoms with Gasteiger partial charge in [0.25, 0.3) is 5.91 Å². The third-order valence-corrected chi connectivity index (χ3v) is 5.50. The van der Waals surface area contributed by atoms with Gasteiger partial charge in [0.15, 0.2) is 0 Å². The summed E-state index contributed by atoms with van der Waals surface area (Å²) < 4.78 is 5.70. The first-order chi connectivity index (χ1) is 16.6. The molecule has 7 nitrogen and oxygen atoms in total. The highest BCUT2D eigenvalue weighted by atomic mass is 16.5. The molecular weight excluding hydrogens is 426 g/mol. The summed E-state index contributed by atoms with van der Waals surface area (Å²) in [6.45, 7) is 6.69. The molecule has 0 aliphatic carbocycles. The van der Waals surface area contributed by atoms with E-state index in [-0.39, 0.29) is 5.91 Å². The number of benzene rings is 2. The summed E-state index contributed by atoms with van der Waals surface area (Å²) in [6, 6.07) is 19.2. The number of carbonyl (C=O) groups excluding carboxylic acids is 1. The molecular formula is C27H31N5O2. The number of ether oxygens (including phenoxy) is 1. The molecule has 1 aliphatic heterocycles. The van der Waals surface area contributed by atoms with Crippen molar-refractivity contribution in [3.8, 4) is 17.0 Å². The Bertz CT molecular complexity index is 1110. The molecule has 0 unspecified atom stereocenters. The third kappa shape index (κ3) is 6.41. The van der Waals surface area contributed by atoms with E-state index >= 15 is 0 Å². The number of rotatable bonds is 8. The van der Waals surface area contributed by atoms with Crippen molar-refractivity contribution in [1.82, 2.24) is 15.4 Å². The summed E-state index contributed by atoms with van der Waals surface area (Å²) in [6.07, 6.45) is 5.02. The van der Waals surface area contributed by atoms with E-state index in [9.17, 15) is 4.79 Å². The third-order valence-electron chi connectivity index (χ3n) is 5.50. The Labute approximate surface area is 200 Å². The molecule has 2 heterocycles. The molecule has 7 heteroatoms. The highest BCUT2D eigenvalue weighted by Gasteiger charge is 2.18. The van der Waals surface area contributed by atoms with Crippen LogP contribution in [0.2, 0.25) is 0 Å². The Morgan fingerprint density at radius 2 is 1.79 bits per heavy atom. The molecule has 1 fully saturated rings. The average molecular weight is 458 g/mol. The number of amides is 1. The summed E-state index contributed by atoms with van der Waals surface area (Å²) in [4.78, 5) is 24.4. The van der Waals surface area contributed by atoms with Gasteiger partial charge in [-0.05, 0) is 61.1 Å². The molecule has 0 radical (unpaired) electrons. The summed E-state index contributed by atoms with van der Waals surface area (Å²) in [7, 11) is 0. The van der Waals surface area contributed by atoms with Crippen molar-refractivity contribution in [3.05, 3.63) is 71.9 Å². The van der Waals surface area contributed by atoms with Crippen LogP contribution >= 0.6 is 0 Å². The number of anilines is 1. The summed E-state index contributed by atoms with van der Waals surface area (Å²) >= 11 is 0. The van der Waals surface area contributed by atoms with Crippen molar-refractivity contribution in [2.75, 3.05) is 24.6 Å². The zero-order valence-corrected chi connectivity index (χ0v) is 19.8. The predicted octanol–water partition coefficient (Wildman–Crippen LogP) is 4.93. The number of hydrogen-bond acceptors (Lipinski definition) is 6. The molecule has 3 aromatic rings. The van der Waals surface area contributed by atoms with E-state index in [1.807, 2.05) is 54.6 Å². The van der Waals surface area contributed by atoms with Gasteiger partial charge in [0, 0.05) is 18.7 Å². The topological polar surface area (TPSA) is 79.7 Å². The quantitative estimate of drug-likeness (QED) is 0.383. The van der Waals surface area contributed by atoms with Gasteiger partial charge in [0.2, 0.25) is 5.95 Å². The van der Waals surface area contributed by atoms with Crippen LogP contribution in [0, 0.1) is 5.92 Å². The summed E-state index contributed by atoms with van der Waals surface area (Å²) in [5, 5.41) is 4.13. The molecule has 2 aromatic carbocycles. The number of piperidine rings is 1. The van der Waals surface area contributed by atoms with E-state index < -0.39 is 0 Å². The maximum atomic E-state index is 12.9. The Morgan fingerprint density at radius 3 is 2.50 bits per heavy atom. The van der Waals surface area contributed by atoms with Crippen LogP contribution in [0.4, 0.5) is 5.95 Å². The lowest BCUT2D eigenvalue weighted by atomic mass is 10.1. The normalized spacial score (nSPS) is 13.9. The Kier molecular flexibility index (Phi) is 7.86. The molecule has 0 spiro atoms. The minimum Gasteiger partial charge on any atom is -0.493 e. The minimum absolute atomic E-state index is 0.295. The van der Waals surface area contributed by atoms with Crippen LogP contribution in [-0.4, -0.2) is 41.8 Å². The molecule has 0 atom stereocenters. The monoisotopic (exact) mass is 457 g/mol. The zero-order chi connectivity index (χ0) is 23.8. The van der Waals surface area contributed by atoms with E-state index in [2.05, 4.69) is 34.3 Å². The minimum atomic E-state index is -0.369. The van der Waals surface area contributed by atoms with E-state index in [0.717, 1.165) is 48.5 Å². The molecule has 34 heavy (non-hydrogen) atoms. The van der Waals surface area contributed by atoms with Crippen LogP contribution in [0.1, 0.15) is 49.2 Å². The number of hydrazone groups is 1. The van der Waals surface area contributed by atoms with Gasteiger partial charge < -0.3 is 9.64 Å². The Balaban J connectivity index is 1.48. The lowest BCUT2D eigenvalue weighted by Crippen LogP contribution is -2.32. The summed E-state index contributed by atoms with van der Waals surface area (Å²) in [5.41, 5.74) is 5.43. The van der Waals surface area contributed by atoms with Crippen LogP contribution in [0.3, 0.4) is 0 Å². The number of aromatic nitrogens is 2. The lowest BCUT2D eigenvalue weighted by molar-refractivity contribution is 0.0950. The van der Waals surface area contributed by atoms with Crippen LogP contribution in [0.15, 0.2) is 65.8 Å². The van der Waals surface area contributed by atoms with E-state index in [4.69, 9.17) is 9.72 Å². The molecule has 4 rings (SSSR count). The van der Waals surface area contributed by atoms with Crippen molar-refractivity contribution in [1.29, 1.82) is 0 Å².